The van der Waals surface area contributed by atoms with E-state index >= 15 is 0 Å². The van der Waals surface area contributed by atoms with Crippen molar-refractivity contribution in [2.75, 3.05) is 0 Å². The maximum absolute atomic E-state index is 2.39. The van der Waals surface area contributed by atoms with Gasteiger partial charge >= 0.3 is 0 Å². The van der Waals surface area contributed by atoms with Gasteiger partial charge in [0.2, 0.25) is 0 Å². The summed E-state index contributed by atoms with van der Waals surface area (Å²) in [5, 5.41) is 2.65. The first-order chi connectivity index (χ1) is 12.8. The number of aryl methyl sites for hydroxylation is 2. The zero-order chi connectivity index (χ0) is 17.8. The Labute approximate surface area is 155 Å². The number of fused-ring (bicyclic) bond motifs is 1. The maximum Gasteiger partial charge on any atom is 0.186 e. The standard InChI is InChI=1S/C25H24N/c1-20-24-15-9-8-14-23(24)16-18-26(20)19-17-25(21-10-4-2-5-11-21)22-12-6-3-7-13-22/h2-16,18,25H,17,19H2,1H3/q+1. The Morgan fingerprint density at radius 2 is 1.27 bits per heavy atom. The molecule has 0 aliphatic heterocycles. The Balaban J connectivity index is 1.64. The number of nitrogens with zero attached hydrogens (tertiary/aromatic N) is 1. The lowest BCUT2D eigenvalue weighted by Gasteiger charge is -2.17. The molecular weight excluding hydrogens is 314 g/mol. The van der Waals surface area contributed by atoms with Gasteiger partial charge in [0, 0.05) is 30.7 Å². The van der Waals surface area contributed by atoms with E-state index in [9.17, 15) is 0 Å². The molecule has 0 spiro atoms. The van der Waals surface area contributed by atoms with E-state index in [2.05, 4.69) is 109 Å². The number of aromatic nitrogens is 1. The third kappa shape index (κ3) is 3.39. The highest BCUT2D eigenvalue weighted by atomic mass is 14.9. The SMILES string of the molecule is Cc1c2ccccc2cc[n+]1CCC(c1ccccc1)c1ccccc1. The Hall–Kier alpha value is -2.93. The molecule has 26 heavy (non-hydrogen) atoms. The topological polar surface area (TPSA) is 3.88 Å². The van der Waals surface area contributed by atoms with Gasteiger partial charge in [0.25, 0.3) is 0 Å². The minimum atomic E-state index is 0.413. The van der Waals surface area contributed by atoms with E-state index in [1.54, 1.807) is 0 Å². The van der Waals surface area contributed by atoms with Crippen molar-refractivity contribution in [1.82, 2.24) is 0 Å². The summed E-state index contributed by atoms with van der Waals surface area (Å²) >= 11 is 0. The molecule has 0 fully saturated rings. The molecule has 0 amide bonds. The van der Waals surface area contributed by atoms with Gasteiger partial charge < -0.3 is 0 Å². The molecule has 0 unspecified atom stereocenters. The van der Waals surface area contributed by atoms with Crippen LogP contribution in [-0.2, 0) is 6.54 Å². The predicted octanol–water partition coefficient (Wildman–Crippen LogP) is 5.66. The van der Waals surface area contributed by atoms with Crippen LogP contribution in [0.3, 0.4) is 0 Å². The molecule has 0 saturated carbocycles. The average Bonchev–Trinajstić information content (AvgIpc) is 2.71. The van der Waals surface area contributed by atoms with Crippen LogP contribution in [0.15, 0.2) is 97.2 Å². The molecule has 0 bridgehead atoms. The number of rotatable bonds is 5. The average molecular weight is 338 g/mol. The Bertz CT molecular complexity index is 951. The van der Waals surface area contributed by atoms with Gasteiger partial charge in [-0.3, -0.25) is 0 Å². The quantitative estimate of drug-likeness (QED) is 0.414. The lowest BCUT2D eigenvalue weighted by molar-refractivity contribution is -0.702. The van der Waals surface area contributed by atoms with Crippen LogP contribution in [0.5, 0.6) is 0 Å². The van der Waals surface area contributed by atoms with Crippen LogP contribution in [0.1, 0.15) is 29.2 Å². The number of hydrogen-bond acceptors (Lipinski definition) is 0. The fourth-order valence-electron chi connectivity index (χ4n) is 3.82. The number of hydrogen-bond donors (Lipinski definition) is 0. The van der Waals surface area contributed by atoms with Crippen LogP contribution < -0.4 is 4.57 Å². The molecule has 0 N–H and O–H groups in total. The van der Waals surface area contributed by atoms with E-state index in [4.69, 9.17) is 0 Å². The molecule has 1 aromatic heterocycles. The Morgan fingerprint density at radius 1 is 0.692 bits per heavy atom. The number of pyridine rings is 1. The van der Waals surface area contributed by atoms with E-state index < -0.39 is 0 Å². The highest BCUT2D eigenvalue weighted by molar-refractivity contribution is 5.83. The molecule has 0 saturated heterocycles. The zero-order valence-corrected chi connectivity index (χ0v) is 15.2. The highest BCUT2D eigenvalue weighted by Gasteiger charge is 2.18. The van der Waals surface area contributed by atoms with Crippen LogP contribution >= 0.6 is 0 Å². The zero-order valence-electron chi connectivity index (χ0n) is 15.2. The smallest absolute Gasteiger partial charge is 0.186 e. The van der Waals surface area contributed by atoms with Crippen molar-refractivity contribution >= 4 is 10.8 Å². The summed E-state index contributed by atoms with van der Waals surface area (Å²) in [6.45, 7) is 3.23. The predicted molar refractivity (Wildman–Crippen MR) is 108 cm³/mol. The summed E-state index contributed by atoms with van der Waals surface area (Å²) in [5.41, 5.74) is 4.11. The Kier molecular flexibility index (Phi) is 4.79. The summed E-state index contributed by atoms with van der Waals surface area (Å²) < 4.78 is 2.39. The van der Waals surface area contributed by atoms with Crippen molar-refractivity contribution in [1.29, 1.82) is 0 Å². The largest absolute Gasteiger partial charge is 0.202 e. The molecule has 1 nitrogen and oxygen atoms in total. The van der Waals surface area contributed by atoms with Gasteiger partial charge in [-0.05, 0) is 22.6 Å². The summed E-state index contributed by atoms with van der Waals surface area (Å²) in [6.07, 6.45) is 3.31. The Morgan fingerprint density at radius 3 is 1.92 bits per heavy atom. The third-order valence-corrected chi connectivity index (χ3v) is 5.28. The summed E-state index contributed by atoms with van der Waals surface area (Å²) in [5.74, 6) is 0.413. The lowest BCUT2D eigenvalue weighted by atomic mass is 9.88. The van der Waals surface area contributed by atoms with Crippen molar-refractivity contribution in [3.8, 4) is 0 Å². The minimum Gasteiger partial charge on any atom is -0.202 e. The third-order valence-electron chi connectivity index (χ3n) is 5.28. The molecule has 0 aliphatic rings. The first-order valence-corrected chi connectivity index (χ1v) is 9.30. The fourth-order valence-corrected chi connectivity index (χ4v) is 3.82. The molecule has 3 aromatic carbocycles. The van der Waals surface area contributed by atoms with E-state index in [1.807, 2.05) is 0 Å². The van der Waals surface area contributed by atoms with Gasteiger partial charge in [-0.2, -0.15) is 0 Å². The molecule has 128 valence electrons. The molecule has 0 aliphatic carbocycles. The first kappa shape index (κ1) is 16.5. The van der Waals surface area contributed by atoms with Crippen molar-refractivity contribution < 1.29 is 4.57 Å². The van der Waals surface area contributed by atoms with Crippen LogP contribution in [0.25, 0.3) is 10.8 Å². The van der Waals surface area contributed by atoms with Gasteiger partial charge in [0.1, 0.15) is 6.54 Å². The van der Waals surface area contributed by atoms with E-state index in [0.29, 0.717) is 5.92 Å². The minimum absolute atomic E-state index is 0.413. The van der Waals surface area contributed by atoms with Crippen molar-refractivity contribution in [3.63, 3.8) is 0 Å². The summed E-state index contributed by atoms with van der Waals surface area (Å²) in [7, 11) is 0. The number of benzene rings is 3. The van der Waals surface area contributed by atoms with Crippen molar-refractivity contribution in [3.05, 3.63) is 114 Å². The summed E-state index contributed by atoms with van der Waals surface area (Å²) in [4.78, 5) is 0. The first-order valence-electron chi connectivity index (χ1n) is 9.30. The molecule has 0 radical (unpaired) electrons. The second kappa shape index (κ2) is 7.53. The molecule has 1 heterocycles. The van der Waals surface area contributed by atoms with Crippen LogP contribution in [0, 0.1) is 6.92 Å². The van der Waals surface area contributed by atoms with Crippen LogP contribution in [0.2, 0.25) is 0 Å². The van der Waals surface area contributed by atoms with Gasteiger partial charge in [0.15, 0.2) is 11.9 Å². The second-order valence-electron chi connectivity index (χ2n) is 6.84. The van der Waals surface area contributed by atoms with Crippen LogP contribution in [-0.4, -0.2) is 0 Å². The highest BCUT2D eigenvalue weighted by Crippen LogP contribution is 2.28. The van der Waals surface area contributed by atoms with Gasteiger partial charge in [0.05, 0.1) is 0 Å². The van der Waals surface area contributed by atoms with Crippen molar-refractivity contribution in [2.24, 2.45) is 0 Å². The van der Waals surface area contributed by atoms with Gasteiger partial charge in [-0.1, -0.05) is 78.9 Å². The molecule has 1 heteroatoms. The van der Waals surface area contributed by atoms with E-state index in [-0.39, 0.29) is 0 Å². The maximum atomic E-state index is 2.39. The summed E-state index contributed by atoms with van der Waals surface area (Å²) in [6, 6.07) is 32.6. The fraction of sp³-hybridized carbons (Fsp3) is 0.160. The van der Waals surface area contributed by atoms with E-state index in [0.717, 1.165) is 13.0 Å². The molecule has 4 aromatic rings. The van der Waals surface area contributed by atoms with E-state index in [1.165, 1.54) is 27.6 Å². The molecular formula is C25H24N+. The lowest BCUT2D eigenvalue weighted by Crippen LogP contribution is -2.37. The normalized spacial score (nSPS) is 11.2. The molecule has 0 atom stereocenters. The van der Waals surface area contributed by atoms with Crippen LogP contribution in [0.4, 0.5) is 0 Å². The van der Waals surface area contributed by atoms with Gasteiger partial charge in [-0.15, -0.1) is 0 Å². The molecule has 4 rings (SSSR count). The monoisotopic (exact) mass is 338 g/mol. The second-order valence-corrected chi connectivity index (χ2v) is 6.84. The van der Waals surface area contributed by atoms with Gasteiger partial charge in [-0.25, -0.2) is 4.57 Å². The van der Waals surface area contributed by atoms with Crippen molar-refractivity contribution in [2.45, 2.75) is 25.8 Å².